The lowest BCUT2D eigenvalue weighted by Crippen LogP contribution is -2.38. The Morgan fingerprint density at radius 3 is 2.33 bits per heavy atom. The number of likely N-dealkylation sites (tertiary alicyclic amines) is 1. The van der Waals surface area contributed by atoms with Gasteiger partial charge in [0.25, 0.3) is 0 Å². The van der Waals surface area contributed by atoms with E-state index < -0.39 is 12.9 Å². The molecule has 1 unspecified atom stereocenters. The Morgan fingerprint density at radius 2 is 2.11 bits per heavy atom. The highest BCUT2D eigenvalue weighted by Crippen LogP contribution is 2.19. The maximum Gasteiger partial charge on any atom is 0.0431 e. The van der Waals surface area contributed by atoms with Gasteiger partial charge in [0.15, 0.2) is 0 Å². The summed E-state index contributed by atoms with van der Waals surface area (Å²) < 4.78 is 22.9. The number of nitrogens with zero attached hydrogens (tertiary/aromatic N) is 1. The van der Waals surface area contributed by atoms with Gasteiger partial charge in [0.2, 0.25) is 0 Å². The van der Waals surface area contributed by atoms with E-state index in [0.29, 0.717) is 13.0 Å². The van der Waals surface area contributed by atoms with Crippen LogP contribution in [-0.4, -0.2) is 23.5 Å². The third kappa shape index (κ3) is 1.68. The van der Waals surface area contributed by atoms with Gasteiger partial charge in [-0.15, -0.1) is 0 Å². The molecule has 1 heterocycles. The summed E-state index contributed by atoms with van der Waals surface area (Å²) in [4.78, 5) is 1.78. The van der Waals surface area contributed by atoms with Gasteiger partial charge < -0.3 is 0 Å². The van der Waals surface area contributed by atoms with Crippen LogP contribution in [0.2, 0.25) is 0 Å². The molecule has 0 aromatic heterocycles. The molecule has 0 aromatic rings. The predicted octanol–water partition coefficient (Wildman–Crippen LogP) is 1.88. The standard InChI is InChI=1S/C8H17N/c1-8(2,3)9-6-4-5-7-9/h4-7H2,1-3H3/i4D,6D2. The Hall–Kier alpha value is -0.0400. The fourth-order valence-electron chi connectivity index (χ4n) is 0.962. The van der Waals surface area contributed by atoms with Crippen LogP contribution in [0.1, 0.15) is 37.7 Å². The first-order valence-corrected chi connectivity index (χ1v) is 3.46. The monoisotopic (exact) mass is 130 g/mol. The summed E-state index contributed by atoms with van der Waals surface area (Å²) in [6, 6.07) is 0. The van der Waals surface area contributed by atoms with Crippen molar-refractivity contribution in [2.75, 3.05) is 13.0 Å². The van der Waals surface area contributed by atoms with Gasteiger partial charge in [-0.2, -0.15) is 0 Å². The molecule has 1 nitrogen and oxygen atoms in total. The van der Waals surface area contributed by atoms with Crippen LogP contribution in [0.15, 0.2) is 0 Å². The molecule has 1 fully saturated rings. The molecule has 1 atom stereocenters. The average molecular weight is 130 g/mol. The molecule has 0 saturated carbocycles. The van der Waals surface area contributed by atoms with Crippen LogP contribution in [0.5, 0.6) is 0 Å². The van der Waals surface area contributed by atoms with Crippen LogP contribution in [0, 0.1) is 0 Å². The summed E-state index contributed by atoms with van der Waals surface area (Å²) in [5.74, 6) is 0. The van der Waals surface area contributed by atoms with E-state index in [4.69, 9.17) is 4.11 Å². The molecule has 0 radical (unpaired) electrons. The zero-order valence-electron chi connectivity index (χ0n) is 9.44. The topological polar surface area (TPSA) is 3.24 Å². The largest absolute Gasteiger partial charge is 0.298 e. The predicted molar refractivity (Wildman–Crippen MR) is 40.6 cm³/mol. The number of hydrogen-bond donors (Lipinski definition) is 0. The molecule has 0 amide bonds. The van der Waals surface area contributed by atoms with E-state index in [9.17, 15) is 0 Å². The number of hydrogen-bond acceptors (Lipinski definition) is 1. The Kier molecular flexibility index (Phi) is 1.01. The highest BCUT2D eigenvalue weighted by Gasteiger charge is 2.23. The molecule has 1 saturated heterocycles. The smallest absolute Gasteiger partial charge is 0.0431 e. The van der Waals surface area contributed by atoms with Crippen molar-refractivity contribution in [1.82, 2.24) is 4.90 Å². The zero-order chi connectivity index (χ0) is 9.57. The molecule has 1 heteroatoms. The van der Waals surface area contributed by atoms with Crippen molar-refractivity contribution in [2.24, 2.45) is 0 Å². The van der Waals surface area contributed by atoms with E-state index in [-0.39, 0.29) is 5.54 Å². The minimum Gasteiger partial charge on any atom is -0.298 e. The second-order valence-electron chi connectivity index (χ2n) is 3.44. The van der Waals surface area contributed by atoms with Crippen LogP contribution in [0.25, 0.3) is 0 Å². The minimum absolute atomic E-state index is 0.167. The quantitative estimate of drug-likeness (QED) is 0.484. The highest BCUT2D eigenvalue weighted by molar-refractivity contribution is 4.79. The maximum atomic E-state index is 7.71. The molecule has 0 aromatic carbocycles. The third-order valence-electron chi connectivity index (χ3n) is 1.55. The second kappa shape index (κ2) is 2.30. The molecule has 0 N–H and O–H groups in total. The lowest BCUT2D eigenvalue weighted by atomic mass is 10.1. The molecular formula is C8H17N. The molecule has 0 bridgehead atoms. The van der Waals surface area contributed by atoms with Crippen LogP contribution >= 0.6 is 0 Å². The summed E-state index contributed by atoms with van der Waals surface area (Å²) in [7, 11) is 0. The van der Waals surface area contributed by atoms with Crippen LogP contribution in [0.3, 0.4) is 0 Å². The molecule has 1 aliphatic rings. The van der Waals surface area contributed by atoms with Gasteiger partial charge in [-0.25, -0.2) is 0 Å². The van der Waals surface area contributed by atoms with Crippen molar-refractivity contribution in [2.45, 2.75) is 39.1 Å². The first-order chi connectivity index (χ1) is 5.26. The van der Waals surface area contributed by atoms with Gasteiger partial charge in [-0.05, 0) is 46.6 Å². The van der Waals surface area contributed by atoms with Gasteiger partial charge in [-0.1, -0.05) is 0 Å². The van der Waals surface area contributed by atoms with Crippen LogP contribution < -0.4 is 0 Å². The molecule has 0 aliphatic carbocycles. The van der Waals surface area contributed by atoms with E-state index in [0.717, 1.165) is 0 Å². The Bertz CT molecular complexity index is 174. The lowest BCUT2D eigenvalue weighted by Gasteiger charge is -2.31. The molecule has 54 valence electrons. The van der Waals surface area contributed by atoms with Crippen molar-refractivity contribution >= 4 is 0 Å². The first-order valence-electron chi connectivity index (χ1n) is 5.04. The lowest BCUT2D eigenvalue weighted by molar-refractivity contribution is 0.175. The number of rotatable bonds is 0. The Morgan fingerprint density at radius 1 is 1.44 bits per heavy atom. The van der Waals surface area contributed by atoms with Crippen molar-refractivity contribution in [3.63, 3.8) is 0 Å². The molecule has 1 rings (SSSR count). The Balaban J connectivity index is 2.82. The molecule has 1 aliphatic heterocycles. The van der Waals surface area contributed by atoms with Gasteiger partial charge in [0.1, 0.15) is 0 Å². The molecular weight excluding hydrogens is 110 g/mol. The van der Waals surface area contributed by atoms with E-state index in [1.165, 1.54) is 0 Å². The maximum absolute atomic E-state index is 7.71. The van der Waals surface area contributed by atoms with Crippen molar-refractivity contribution in [3.05, 3.63) is 0 Å². The molecule has 9 heavy (non-hydrogen) atoms. The summed E-state index contributed by atoms with van der Waals surface area (Å²) in [6.07, 6.45) is 0.0568. The first kappa shape index (κ1) is 3.97. The average Bonchev–Trinajstić information content (AvgIpc) is 2.06. The van der Waals surface area contributed by atoms with Crippen molar-refractivity contribution in [3.8, 4) is 0 Å². The van der Waals surface area contributed by atoms with Gasteiger partial charge in [0, 0.05) is 9.65 Å². The van der Waals surface area contributed by atoms with Gasteiger partial charge >= 0.3 is 0 Å². The van der Waals surface area contributed by atoms with E-state index in [1.807, 2.05) is 20.8 Å². The van der Waals surface area contributed by atoms with Gasteiger partial charge in [0.05, 0.1) is 0 Å². The van der Waals surface area contributed by atoms with Crippen LogP contribution in [0.4, 0.5) is 0 Å². The van der Waals surface area contributed by atoms with E-state index >= 15 is 0 Å². The summed E-state index contributed by atoms with van der Waals surface area (Å²) in [5.41, 5.74) is -0.167. The minimum atomic E-state index is -1.45. The summed E-state index contributed by atoms with van der Waals surface area (Å²) >= 11 is 0. The van der Waals surface area contributed by atoms with E-state index in [1.54, 1.807) is 4.90 Å². The Labute approximate surface area is 62.3 Å². The SMILES string of the molecule is [2H]C1CCN(C(C)(C)C)C1([2H])[2H]. The third-order valence-corrected chi connectivity index (χ3v) is 1.55. The van der Waals surface area contributed by atoms with Crippen LogP contribution in [-0.2, 0) is 0 Å². The summed E-state index contributed by atoms with van der Waals surface area (Å²) in [6.45, 7) is 5.22. The highest BCUT2D eigenvalue weighted by atomic mass is 15.2. The van der Waals surface area contributed by atoms with Crippen molar-refractivity contribution < 1.29 is 4.11 Å². The fraction of sp³-hybridized carbons (Fsp3) is 1.00. The summed E-state index contributed by atoms with van der Waals surface area (Å²) in [5, 5.41) is 0. The normalized spacial score (nSPS) is 41.7. The zero-order valence-corrected chi connectivity index (χ0v) is 6.44. The van der Waals surface area contributed by atoms with Gasteiger partial charge in [-0.3, -0.25) is 4.90 Å². The molecule has 0 spiro atoms. The second-order valence-corrected chi connectivity index (χ2v) is 3.44. The van der Waals surface area contributed by atoms with Crippen molar-refractivity contribution in [1.29, 1.82) is 0 Å². The van der Waals surface area contributed by atoms with E-state index in [2.05, 4.69) is 0 Å². The fourth-order valence-corrected chi connectivity index (χ4v) is 0.962.